The fourth-order valence-electron chi connectivity index (χ4n) is 2.51. The number of nitrogens with one attached hydrogen (secondary N) is 1. The van der Waals surface area contributed by atoms with Gasteiger partial charge < -0.3 is 14.5 Å². The fraction of sp³-hybridized carbons (Fsp3) is 0.190. The molecule has 29 heavy (non-hydrogen) atoms. The summed E-state index contributed by atoms with van der Waals surface area (Å²) in [6.07, 6.45) is -1.01. The average Bonchev–Trinajstić information content (AvgIpc) is 3.36. The number of ketones is 1. The third-order valence-corrected chi connectivity index (χ3v) is 5.10. The Kier molecular flexibility index (Phi) is 6.23. The van der Waals surface area contributed by atoms with Crippen molar-refractivity contribution in [1.82, 2.24) is 5.32 Å². The molecule has 0 saturated carbocycles. The summed E-state index contributed by atoms with van der Waals surface area (Å²) in [5.41, 5.74) is 0.611. The molecule has 1 aromatic carbocycles. The molecule has 2 heterocycles. The molecule has 1 N–H and O–H groups in total. The van der Waals surface area contributed by atoms with Gasteiger partial charge in [-0.15, -0.1) is 11.3 Å². The summed E-state index contributed by atoms with van der Waals surface area (Å²) in [6.45, 7) is 3.23. The van der Waals surface area contributed by atoms with E-state index in [1.54, 1.807) is 18.2 Å². The zero-order valence-electron chi connectivity index (χ0n) is 15.7. The molecule has 3 rings (SSSR count). The Hall–Kier alpha value is -3.26. The maximum Gasteiger partial charge on any atom is 0.374 e. The number of carbonyl (C=O) groups excluding carboxylic acids is 3. The van der Waals surface area contributed by atoms with Crippen LogP contribution >= 0.6 is 11.3 Å². The zero-order chi connectivity index (χ0) is 21.0. The van der Waals surface area contributed by atoms with Crippen LogP contribution in [-0.4, -0.2) is 23.8 Å². The van der Waals surface area contributed by atoms with Gasteiger partial charge in [-0.2, -0.15) is 0 Å². The molecular weight excluding hydrogens is 397 g/mol. The lowest BCUT2D eigenvalue weighted by molar-refractivity contribution is -0.119. The Bertz CT molecular complexity index is 1040. The molecular formula is C21H18FNO5S. The van der Waals surface area contributed by atoms with Gasteiger partial charge in [-0.3, -0.25) is 9.59 Å². The fourth-order valence-corrected chi connectivity index (χ4v) is 3.47. The Morgan fingerprint density at radius 3 is 2.52 bits per heavy atom. The van der Waals surface area contributed by atoms with E-state index in [4.69, 9.17) is 9.15 Å². The molecule has 8 heteroatoms. The number of carbonyl (C=O) groups is 3. The molecule has 1 atom stereocenters. The van der Waals surface area contributed by atoms with E-state index in [-0.39, 0.29) is 23.3 Å². The van der Waals surface area contributed by atoms with Crippen LogP contribution in [0.3, 0.4) is 0 Å². The minimum absolute atomic E-state index is 0.0542. The molecule has 0 aliphatic heterocycles. The van der Waals surface area contributed by atoms with Gasteiger partial charge in [-0.05, 0) is 55.5 Å². The SMILES string of the molecule is CC(=O)NCc1ccc(C(=O)C(C)OC(=O)c2ccc(-c3ccc(F)cc3)o2)s1. The number of furan rings is 1. The van der Waals surface area contributed by atoms with E-state index in [0.717, 1.165) is 4.88 Å². The Balaban J connectivity index is 1.62. The number of halogens is 1. The summed E-state index contributed by atoms with van der Waals surface area (Å²) in [7, 11) is 0. The first kappa shape index (κ1) is 20.5. The summed E-state index contributed by atoms with van der Waals surface area (Å²) in [6, 6.07) is 12.0. The van der Waals surface area contributed by atoms with Crippen molar-refractivity contribution in [2.75, 3.05) is 0 Å². The molecule has 0 bridgehead atoms. The van der Waals surface area contributed by atoms with Crippen molar-refractivity contribution in [3.8, 4) is 11.3 Å². The highest BCUT2D eigenvalue weighted by Crippen LogP contribution is 2.24. The standard InChI is InChI=1S/C21H18FNO5S/c1-12(20(25)19-10-7-16(29-19)11-23-13(2)24)27-21(26)18-9-8-17(28-18)14-3-5-15(22)6-4-14/h3-10,12H,11H2,1-2H3,(H,23,24). The minimum Gasteiger partial charge on any atom is -0.449 e. The highest BCUT2D eigenvalue weighted by molar-refractivity contribution is 7.14. The molecule has 150 valence electrons. The normalized spacial score (nSPS) is 11.7. The van der Waals surface area contributed by atoms with E-state index in [9.17, 15) is 18.8 Å². The lowest BCUT2D eigenvalue weighted by atomic mass is 10.2. The minimum atomic E-state index is -1.01. The van der Waals surface area contributed by atoms with Crippen molar-refractivity contribution in [2.24, 2.45) is 0 Å². The molecule has 0 aliphatic rings. The van der Waals surface area contributed by atoms with Gasteiger partial charge >= 0.3 is 5.97 Å². The van der Waals surface area contributed by atoms with Gasteiger partial charge in [0.25, 0.3) is 0 Å². The van der Waals surface area contributed by atoms with Crippen LogP contribution in [0.5, 0.6) is 0 Å². The van der Waals surface area contributed by atoms with Crippen LogP contribution in [0.1, 0.15) is 39.0 Å². The van der Waals surface area contributed by atoms with Crippen LogP contribution < -0.4 is 5.32 Å². The van der Waals surface area contributed by atoms with E-state index in [0.29, 0.717) is 22.7 Å². The molecule has 1 amide bonds. The van der Waals surface area contributed by atoms with E-state index < -0.39 is 12.1 Å². The molecule has 0 spiro atoms. The Morgan fingerprint density at radius 2 is 1.83 bits per heavy atom. The second-order valence-corrected chi connectivity index (χ2v) is 7.43. The van der Waals surface area contributed by atoms with Gasteiger partial charge in [-0.25, -0.2) is 9.18 Å². The first-order chi connectivity index (χ1) is 13.8. The monoisotopic (exact) mass is 415 g/mol. The maximum atomic E-state index is 13.0. The first-order valence-corrected chi connectivity index (χ1v) is 9.59. The second-order valence-electron chi connectivity index (χ2n) is 6.26. The van der Waals surface area contributed by atoms with E-state index in [2.05, 4.69) is 5.32 Å². The number of hydrogen-bond donors (Lipinski definition) is 1. The summed E-state index contributed by atoms with van der Waals surface area (Å²) >= 11 is 1.23. The zero-order valence-corrected chi connectivity index (χ0v) is 16.5. The van der Waals surface area contributed by atoms with E-state index in [1.165, 1.54) is 55.5 Å². The van der Waals surface area contributed by atoms with Gasteiger partial charge in [-0.1, -0.05) is 0 Å². The van der Waals surface area contributed by atoms with Crippen LogP contribution in [0.2, 0.25) is 0 Å². The number of hydrogen-bond acceptors (Lipinski definition) is 6. The summed E-state index contributed by atoms with van der Waals surface area (Å²) < 4.78 is 23.7. The molecule has 6 nitrogen and oxygen atoms in total. The molecule has 0 aliphatic carbocycles. The van der Waals surface area contributed by atoms with Crippen molar-refractivity contribution in [1.29, 1.82) is 0 Å². The number of rotatable bonds is 7. The van der Waals surface area contributed by atoms with E-state index in [1.807, 2.05) is 0 Å². The van der Waals surface area contributed by atoms with Gasteiger partial charge in [0.05, 0.1) is 11.4 Å². The lowest BCUT2D eigenvalue weighted by Crippen LogP contribution is -2.23. The largest absolute Gasteiger partial charge is 0.449 e. The quantitative estimate of drug-likeness (QED) is 0.461. The number of ether oxygens (including phenoxy) is 1. The van der Waals surface area contributed by atoms with Crippen molar-refractivity contribution >= 4 is 29.0 Å². The third-order valence-electron chi connectivity index (χ3n) is 4.01. The molecule has 0 radical (unpaired) electrons. The predicted molar refractivity (Wildman–Crippen MR) is 105 cm³/mol. The second kappa shape index (κ2) is 8.83. The molecule has 0 fully saturated rings. The molecule has 0 saturated heterocycles. The molecule has 1 unspecified atom stereocenters. The molecule has 3 aromatic rings. The van der Waals surface area contributed by atoms with Gasteiger partial charge in [0.1, 0.15) is 11.6 Å². The number of esters is 1. The van der Waals surface area contributed by atoms with Crippen molar-refractivity contribution in [3.05, 3.63) is 69.9 Å². The topological polar surface area (TPSA) is 85.6 Å². The van der Waals surface area contributed by atoms with Gasteiger partial charge in [0, 0.05) is 17.4 Å². The van der Waals surface area contributed by atoms with Gasteiger partial charge in [0.15, 0.2) is 6.10 Å². The Labute approximate surface area is 170 Å². The van der Waals surface area contributed by atoms with Crippen molar-refractivity contribution < 1.29 is 27.9 Å². The lowest BCUT2D eigenvalue weighted by Gasteiger charge is -2.10. The Morgan fingerprint density at radius 1 is 1.10 bits per heavy atom. The maximum absolute atomic E-state index is 13.0. The van der Waals surface area contributed by atoms with Crippen LogP contribution in [0.4, 0.5) is 4.39 Å². The van der Waals surface area contributed by atoms with Crippen molar-refractivity contribution in [3.63, 3.8) is 0 Å². The van der Waals surface area contributed by atoms with Crippen LogP contribution in [0.25, 0.3) is 11.3 Å². The predicted octanol–water partition coefficient (Wildman–Crippen LogP) is 4.21. The number of amides is 1. The number of thiophene rings is 1. The highest BCUT2D eigenvalue weighted by atomic mass is 32.1. The van der Waals surface area contributed by atoms with Crippen molar-refractivity contribution in [2.45, 2.75) is 26.5 Å². The third kappa shape index (κ3) is 5.17. The number of benzene rings is 1. The van der Waals surface area contributed by atoms with Crippen LogP contribution in [0.15, 0.2) is 52.9 Å². The smallest absolute Gasteiger partial charge is 0.374 e. The van der Waals surface area contributed by atoms with Crippen LogP contribution in [-0.2, 0) is 16.1 Å². The first-order valence-electron chi connectivity index (χ1n) is 8.77. The highest BCUT2D eigenvalue weighted by Gasteiger charge is 2.23. The summed E-state index contributed by atoms with van der Waals surface area (Å²) in [4.78, 5) is 37.0. The summed E-state index contributed by atoms with van der Waals surface area (Å²) in [5.74, 6) is -1.32. The van der Waals surface area contributed by atoms with Crippen LogP contribution in [0, 0.1) is 5.82 Å². The van der Waals surface area contributed by atoms with Gasteiger partial charge in [0.2, 0.25) is 17.5 Å². The summed E-state index contributed by atoms with van der Waals surface area (Å²) in [5, 5.41) is 2.66. The molecule has 2 aromatic heterocycles. The van der Waals surface area contributed by atoms with E-state index >= 15 is 0 Å². The average molecular weight is 415 g/mol. The number of Topliss-reactive ketones (excluding diaryl/α,β-unsaturated/α-hetero) is 1.